The van der Waals surface area contributed by atoms with Gasteiger partial charge in [0, 0.05) is 12.1 Å². The van der Waals surface area contributed by atoms with E-state index in [1.165, 1.54) is 30.3 Å². The predicted octanol–water partition coefficient (Wildman–Crippen LogP) is 2.97. The lowest BCUT2D eigenvalue weighted by molar-refractivity contribution is -0.384. The summed E-state index contributed by atoms with van der Waals surface area (Å²) in [5.74, 6) is -0.0492. The Balaban J connectivity index is 2.07. The monoisotopic (exact) mass is 245 g/mol. The van der Waals surface area contributed by atoms with Gasteiger partial charge in [0.2, 0.25) is 0 Å². The molecule has 0 spiro atoms. The van der Waals surface area contributed by atoms with Gasteiger partial charge in [-0.3, -0.25) is 14.9 Å². The molecule has 0 amide bonds. The summed E-state index contributed by atoms with van der Waals surface area (Å²) in [5, 5.41) is 18.4. The molecule has 0 aromatic heterocycles. The number of nitro benzene ring substituents is 1. The number of rotatable bonds is 3. The molecule has 0 aliphatic heterocycles. The number of carbonyl (C=O) groups excluding carboxylic acids is 1. The zero-order valence-electron chi connectivity index (χ0n) is 9.52. The fourth-order valence-corrected chi connectivity index (χ4v) is 1.60. The van der Waals surface area contributed by atoms with Crippen LogP contribution in [0.3, 0.4) is 0 Å². The Bertz CT molecular complexity index is 520. The first kappa shape index (κ1) is 12.1. The molecule has 92 valence electrons. The number of nitrogens with zero attached hydrogens (tertiary/aromatic N) is 3. The highest BCUT2D eigenvalue weighted by Crippen LogP contribution is 2.20. The Morgan fingerprint density at radius 3 is 2.61 bits per heavy atom. The summed E-state index contributed by atoms with van der Waals surface area (Å²) < 4.78 is 0. The summed E-state index contributed by atoms with van der Waals surface area (Å²) in [6.07, 6.45) is 4.81. The lowest BCUT2D eigenvalue weighted by Crippen LogP contribution is -2.18. The summed E-state index contributed by atoms with van der Waals surface area (Å²) in [7, 11) is 0. The first-order chi connectivity index (χ1) is 8.66. The highest BCUT2D eigenvalue weighted by molar-refractivity contribution is 5.95. The summed E-state index contributed by atoms with van der Waals surface area (Å²) in [5.41, 5.74) is 0.508. The topological polar surface area (TPSA) is 84.9 Å². The number of non-ortho nitro benzene ring substituents is 1. The zero-order valence-corrected chi connectivity index (χ0v) is 9.52. The quantitative estimate of drug-likeness (QED) is 0.466. The van der Waals surface area contributed by atoms with E-state index in [1.54, 1.807) is 0 Å². The molecule has 0 heterocycles. The van der Waals surface area contributed by atoms with Crippen molar-refractivity contribution in [2.45, 2.75) is 18.9 Å². The Hall–Kier alpha value is -2.37. The van der Waals surface area contributed by atoms with Gasteiger partial charge in [-0.15, -0.1) is 0 Å². The molecule has 0 N–H and O–H groups in total. The minimum Gasteiger partial charge on any atom is -0.292 e. The molecule has 0 bridgehead atoms. The molecule has 1 aliphatic rings. The van der Waals surface area contributed by atoms with Crippen molar-refractivity contribution in [1.29, 1.82) is 0 Å². The van der Waals surface area contributed by atoms with E-state index in [-0.39, 0.29) is 11.5 Å². The van der Waals surface area contributed by atoms with E-state index in [9.17, 15) is 14.9 Å². The maximum Gasteiger partial charge on any atom is 0.269 e. The molecule has 6 nitrogen and oxygen atoms in total. The van der Waals surface area contributed by atoms with E-state index in [2.05, 4.69) is 10.2 Å². The smallest absolute Gasteiger partial charge is 0.269 e. The van der Waals surface area contributed by atoms with Crippen LogP contribution in [0.2, 0.25) is 0 Å². The van der Waals surface area contributed by atoms with Gasteiger partial charge >= 0.3 is 0 Å². The number of hydrogen-bond donors (Lipinski definition) is 0. The zero-order chi connectivity index (χ0) is 13.0. The molecule has 1 atom stereocenters. The van der Waals surface area contributed by atoms with Crippen molar-refractivity contribution in [2.75, 3.05) is 0 Å². The second-order valence-electron chi connectivity index (χ2n) is 3.89. The van der Waals surface area contributed by atoms with Crippen LogP contribution in [0.25, 0.3) is 0 Å². The summed E-state index contributed by atoms with van der Waals surface area (Å²) in [6, 6.07) is 5.30. The molecule has 0 fully saturated rings. The van der Waals surface area contributed by atoms with E-state index in [0.29, 0.717) is 12.1 Å². The van der Waals surface area contributed by atoms with E-state index in [1.807, 2.05) is 6.08 Å². The highest BCUT2D eigenvalue weighted by Gasteiger charge is 2.17. The molecule has 0 saturated heterocycles. The Kier molecular flexibility index (Phi) is 3.57. The summed E-state index contributed by atoms with van der Waals surface area (Å²) in [6.45, 7) is 0. The number of benzene rings is 1. The molecule has 1 aromatic carbocycles. The number of hydrogen-bond acceptors (Lipinski definition) is 5. The molecule has 6 heteroatoms. The van der Waals surface area contributed by atoms with Gasteiger partial charge in [0.1, 0.15) is 6.04 Å². The second-order valence-corrected chi connectivity index (χ2v) is 3.89. The minimum atomic E-state index is -0.476. The van der Waals surface area contributed by atoms with Crippen molar-refractivity contribution in [2.24, 2.45) is 10.2 Å². The molecule has 18 heavy (non-hydrogen) atoms. The highest BCUT2D eigenvalue weighted by atomic mass is 16.6. The van der Waals surface area contributed by atoms with Crippen LogP contribution in [0, 0.1) is 10.1 Å². The van der Waals surface area contributed by atoms with Crippen LogP contribution < -0.4 is 0 Å². The van der Waals surface area contributed by atoms with Gasteiger partial charge in [0.15, 0.2) is 5.78 Å². The third-order valence-electron chi connectivity index (χ3n) is 2.59. The van der Waals surface area contributed by atoms with E-state index < -0.39 is 11.0 Å². The fraction of sp³-hybridized carbons (Fsp3) is 0.250. The van der Waals surface area contributed by atoms with Crippen LogP contribution >= 0.6 is 0 Å². The van der Waals surface area contributed by atoms with Gasteiger partial charge in [-0.2, -0.15) is 10.2 Å². The molecule has 0 radical (unpaired) electrons. The van der Waals surface area contributed by atoms with Gasteiger partial charge in [-0.1, -0.05) is 6.08 Å². The number of azo groups is 1. The first-order valence-electron chi connectivity index (χ1n) is 5.52. The second kappa shape index (κ2) is 5.31. The van der Waals surface area contributed by atoms with Crippen LogP contribution in [-0.2, 0) is 4.79 Å². The van der Waals surface area contributed by atoms with Crippen molar-refractivity contribution in [3.63, 3.8) is 0 Å². The van der Waals surface area contributed by atoms with Gasteiger partial charge in [-0.25, -0.2) is 0 Å². The Labute approximate surface area is 103 Å². The van der Waals surface area contributed by atoms with E-state index in [0.717, 1.165) is 6.42 Å². The van der Waals surface area contributed by atoms with Crippen LogP contribution in [0.5, 0.6) is 0 Å². The number of allylic oxidation sites excluding steroid dienone is 1. The number of nitro groups is 1. The molecular weight excluding hydrogens is 234 g/mol. The Morgan fingerprint density at radius 1 is 1.28 bits per heavy atom. The first-order valence-corrected chi connectivity index (χ1v) is 5.52. The molecule has 0 saturated carbocycles. The lowest BCUT2D eigenvalue weighted by Gasteiger charge is -2.09. The average Bonchev–Trinajstić information content (AvgIpc) is 2.38. The summed E-state index contributed by atoms with van der Waals surface area (Å²) >= 11 is 0. The van der Waals surface area contributed by atoms with Crippen LogP contribution in [0.15, 0.2) is 46.6 Å². The van der Waals surface area contributed by atoms with E-state index >= 15 is 0 Å². The lowest BCUT2D eigenvalue weighted by atomic mass is 10.0. The van der Waals surface area contributed by atoms with Crippen molar-refractivity contribution in [3.05, 3.63) is 46.5 Å². The molecule has 1 unspecified atom stereocenters. The maximum atomic E-state index is 11.4. The molecule has 2 rings (SSSR count). The van der Waals surface area contributed by atoms with Crippen LogP contribution in [0.4, 0.5) is 11.4 Å². The van der Waals surface area contributed by atoms with Gasteiger partial charge < -0.3 is 0 Å². The molecular formula is C12H11N3O3. The van der Waals surface area contributed by atoms with Crippen molar-refractivity contribution in [1.82, 2.24) is 0 Å². The maximum absolute atomic E-state index is 11.4. The average molecular weight is 245 g/mol. The van der Waals surface area contributed by atoms with Gasteiger partial charge in [0.25, 0.3) is 5.69 Å². The van der Waals surface area contributed by atoms with Crippen molar-refractivity contribution < 1.29 is 9.72 Å². The Morgan fingerprint density at radius 2 is 2.00 bits per heavy atom. The van der Waals surface area contributed by atoms with Crippen LogP contribution in [0.1, 0.15) is 12.8 Å². The third-order valence-corrected chi connectivity index (χ3v) is 2.59. The third kappa shape index (κ3) is 2.85. The summed E-state index contributed by atoms with van der Waals surface area (Å²) in [4.78, 5) is 21.4. The molecule has 1 aliphatic carbocycles. The number of ketones is 1. The standard InChI is InChI=1S/C12H11N3O3/c16-12-4-2-1-3-11(12)14-13-9-5-7-10(8-6-9)15(17)18/h2,4-8,11H,1,3H2. The predicted molar refractivity (Wildman–Crippen MR) is 64.8 cm³/mol. The van der Waals surface area contributed by atoms with Gasteiger partial charge in [0.05, 0.1) is 10.6 Å². The SMILES string of the molecule is O=C1C=CCCC1N=Nc1ccc([N+](=O)[O-])cc1. The van der Waals surface area contributed by atoms with Gasteiger partial charge in [-0.05, 0) is 31.1 Å². The van der Waals surface area contributed by atoms with E-state index in [4.69, 9.17) is 0 Å². The molecule has 1 aromatic rings. The minimum absolute atomic E-state index is 0.00521. The van der Waals surface area contributed by atoms with Crippen LogP contribution in [-0.4, -0.2) is 16.7 Å². The number of carbonyl (C=O) groups is 1. The largest absolute Gasteiger partial charge is 0.292 e. The van der Waals surface area contributed by atoms with Crippen molar-refractivity contribution >= 4 is 17.2 Å². The van der Waals surface area contributed by atoms with Crippen molar-refractivity contribution in [3.8, 4) is 0 Å². The fourth-order valence-electron chi connectivity index (χ4n) is 1.60. The normalized spacial score (nSPS) is 19.3.